The van der Waals surface area contributed by atoms with Gasteiger partial charge in [0.2, 0.25) is 12.8 Å². The van der Waals surface area contributed by atoms with Crippen LogP contribution in [0.4, 0.5) is 0 Å². The van der Waals surface area contributed by atoms with Crippen molar-refractivity contribution in [2.24, 2.45) is 0 Å². The second-order valence-corrected chi connectivity index (χ2v) is 11.6. The standard InChI is InChI=1S/C22H42N4O2/c1-16(25(14-27)17-10-19(2,3)23-20(4,5)11-17)26(15-28)18-12-21(6,7)24-22(8,9)13-18/h14-18,23-24H,10-13H2,1-9H3. The van der Waals surface area contributed by atoms with Crippen LogP contribution in [0, 0.1) is 0 Å². The minimum Gasteiger partial charge on any atom is -0.322 e. The van der Waals surface area contributed by atoms with Crippen LogP contribution in [0.2, 0.25) is 0 Å². The lowest BCUT2D eigenvalue weighted by atomic mass is 9.78. The van der Waals surface area contributed by atoms with Gasteiger partial charge in [0, 0.05) is 34.2 Å². The van der Waals surface area contributed by atoms with Crippen molar-refractivity contribution in [1.82, 2.24) is 20.4 Å². The maximum atomic E-state index is 12.2. The molecule has 2 heterocycles. The molecule has 2 aliphatic heterocycles. The predicted octanol–water partition coefficient (Wildman–Crippen LogP) is 2.87. The van der Waals surface area contributed by atoms with Crippen LogP contribution in [0.25, 0.3) is 0 Å². The van der Waals surface area contributed by atoms with Crippen LogP contribution >= 0.6 is 0 Å². The topological polar surface area (TPSA) is 64.7 Å². The molecule has 2 N–H and O–H groups in total. The van der Waals surface area contributed by atoms with E-state index in [1.54, 1.807) is 0 Å². The minimum absolute atomic E-state index is 0.0574. The summed E-state index contributed by atoms with van der Waals surface area (Å²) in [5, 5.41) is 7.35. The molecule has 0 aliphatic carbocycles. The molecule has 6 nitrogen and oxygen atoms in total. The summed E-state index contributed by atoms with van der Waals surface area (Å²) in [4.78, 5) is 28.1. The predicted molar refractivity (Wildman–Crippen MR) is 114 cm³/mol. The maximum absolute atomic E-state index is 12.2. The monoisotopic (exact) mass is 394 g/mol. The molecule has 2 saturated heterocycles. The van der Waals surface area contributed by atoms with Crippen LogP contribution in [-0.4, -0.2) is 63.0 Å². The van der Waals surface area contributed by atoms with Crippen molar-refractivity contribution in [3.8, 4) is 0 Å². The molecule has 0 radical (unpaired) electrons. The van der Waals surface area contributed by atoms with Gasteiger partial charge in [-0.05, 0) is 88.0 Å². The van der Waals surface area contributed by atoms with E-state index in [-0.39, 0.29) is 40.4 Å². The molecule has 28 heavy (non-hydrogen) atoms. The van der Waals surface area contributed by atoms with Crippen LogP contribution in [0.5, 0.6) is 0 Å². The van der Waals surface area contributed by atoms with E-state index in [1.165, 1.54) is 0 Å². The van der Waals surface area contributed by atoms with Crippen molar-refractivity contribution in [1.29, 1.82) is 0 Å². The molecule has 0 unspecified atom stereocenters. The SMILES string of the molecule is CC(N(C=O)C1CC(C)(C)NC(C)(C)C1)N(C=O)C1CC(C)(C)NC(C)(C)C1. The molecule has 6 heteroatoms. The molecule has 2 amide bonds. The zero-order valence-corrected chi connectivity index (χ0v) is 19.4. The minimum atomic E-state index is -0.264. The smallest absolute Gasteiger partial charge is 0.211 e. The third kappa shape index (κ3) is 5.47. The average Bonchev–Trinajstić information content (AvgIpc) is 2.41. The van der Waals surface area contributed by atoms with Gasteiger partial charge < -0.3 is 20.4 Å². The van der Waals surface area contributed by atoms with Gasteiger partial charge in [0.15, 0.2) is 0 Å². The molecule has 0 bridgehead atoms. The molecule has 0 spiro atoms. The Morgan fingerprint density at radius 3 is 1.14 bits per heavy atom. The summed E-state index contributed by atoms with van der Waals surface area (Å²) in [7, 11) is 0. The summed E-state index contributed by atoms with van der Waals surface area (Å²) in [6.07, 6.45) is 5.11. The zero-order valence-electron chi connectivity index (χ0n) is 19.4. The van der Waals surface area contributed by atoms with Crippen LogP contribution in [-0.2, 0) is 9.59 Å². The zero-order chi connectivity index (χ0) is 21.5. The Kier molecular flexibility index (Phi) is 6.28. The van der Waals surface area contributed by atoms with Crippen LogP contribution in [0.15, 0.2) is 0 Å². The van der Waals surface area contributed by atoms with Crippen molar-refractivity contribution in [2.45, 2.75) is 128 Å². The van der Waals surface area contributed by atoms with E-state index in [9.17, 15) is 9.59 Å². The first kappa shape index (κ1) is 23.1. The van der Waals surface area contributed by atoms with E-state index in [4.69, 9.17) is 0 Å². The van der Waals surface area contributed by atoms with Crippen LogP contribution in [0.3, 0.4) is 0 Å². The Bertz CT molecular complexity index is 503. The molecule has 0 atom stereocenters. The van der Waals surface area contributed by atoms with Crippen LogP contribution in [0.1, 0.15) is 88.0 Å². The fourth-order valence-electron chi connectivity index (χ4n) is 6.07. The highest BCUT2D eigenvalue weighted by atomic mass is 16.1. The fourth-order valence-corrected chi connectivity index (χ4v) is 6.07. The van der Waals surface area contributed by atoms with E-state index in [2.05, 4.69) is 66.0 Å². The summed E-state index contributed by atoms with van der Waals surface area (Å²) in [5.41, 5.74) is -0.230. The molecule has 162 valence electrons. The molecule has 2 fully saturated rings. The van der Waals surface area contributed by atoms with Gasteiger partial charge in [-0.3, -0.25) is 9.59 Å². The van der Waals surface area contributed by atoms with Crippen molar-refractivity contribution >= 4 is 12.8 Å². The lowest BCUT2D eigenvalue weighted by molar-refractivity contribution is -0.140. The molecule has 0 saturated carbocycles. The number of hydrogen-bond donors (Lipinski definition) is 2. The quantitative estimate of drug-likeness (QED) is 0.537. The normalized spacial score (nSPS) is 26.6. The van der Waals surface area contributed by atoms with Gasteiger partial charge in [-0.15, -0.1) is 0 Å². The summed E-state index contributed by atoms with van der Waals surface area (Å²) >= 11 is 0. The lowest BCUT2D eigenvalue weighted by Crippen LogP contribution is -2.66. The largest absolute Gasteiger partial charge is 0.322 e. The Balaban J connectivity index is 2.25. The van der Waals surface area contributed by atoms with E-state index in [0.29, 0.717) is 0 Å². The van der Waals surface area contributed by atoms with E-state index >= 15 is 0 Å². The molecule has 2 rings (SSSR count). The Hall–Kier alpha value is -1.14. The first-order chi connectivity index (χ1) is 12.6. The summed E-state index contributed by atoms with van der Waals surface area (Å²) in [5.74, 6) is 0. The van der Waals surface area contributed by atoms with Crippen molar-refractivity contribution in [3.05, 3.63) is 0 Å². The number of rotatable bonds is 6. The highest BCUT2D eigenvalue weighted by Crippen LogP contribution is 2.35. The number of nitrogens with one attached hydrogen (secondary N) is 2. The van der Waals surface area contributed by atoms with E-state index in [0.717, 1.165) is 38.5 Å². The second-order valence-electron chi connectivity index (χ2n) is 11.6. The third-order valence-electron chi connectivity index (χ3n) is 6.29. The number of carbonyl (C=O) groups is 2. The molecular weight excluding hydrogens is 352 g/mol. The summed E-state index contributed by atoms with van der Waals surface area (Å²) in [6.45, 7) is 19.5. The summed E-state index contributed by atoms with van der Waals surface area (Å²) in [6, 6.07) is 0.202. The third-order valence-corrected chi connectivity index (χ3v) is 6.29. The number of nitrogens with zero attached hydrogens (tertiary/aromatic N) is 2. The first-order valence-corrected chi connectivity index (χ1v) is 10.6. The van der Waals surface area contributed by atoms with Gasteiger partial charge >= 0.3 is 0 Å². The first-order valence-electron chi connectivity index (χ1n) is 10.6. The van der Waals surface area contributed by atoms with Crippen molar-refractivity contribution in [2.75, 3.05) is 0 Å². The number of hydrogen-bond acceptors (Lipinski definition) is 4. The van der Waals surface area contributed by atoms with Gasteiger partial charge in [0.25, 0.3) is 0 Å². The highest BCUT2D eigenvalue weighted by molar-refractivity contribution is 5.53. The lowest BCUT2D eigenvalue weighted by Gasteiger charge is -2.53. The van der Waals surface area contributed by atoms with Crippen LogP contribution < -0.4 is 10.6 Å². The Morgan fingerprint density at radius 1 is 0.679 bits per heavy atom. The van der Waals surface area contributed by atoms with Gasteiger partial charge in [0.1, 0.15) is 6.17 Å². The molecule has 2 aliphatic rings. The van der Waals surface area contributed by atoms with Gasteiger partial charge in [-0.25, -0.2) is 0 Å². The Morgan fingerprint density at radius 2 is 0.929 bits per heavy atom. The Labute approximate surface area is 171 Å². The second kappa shape index (κ2) is 7.60. The molecule has 0 aromatic heterocycles. The average molecular weight is 395 g/mol. The molecule has 0 aromatic carbocycles. The van der Waals surface area contributed by atoms with Gasteiger partial charge in [0.05, 0.1) is 0 Å². The molecule has 0 aromatic rings. The van der Waals surface area contributed by atoms with Crippen molar-refractivity contribution in [3.63, 3.8) is 0 Å². The van der Waals surface area contributed by atoms with Crippen molar-refractivity contribution < 1.29 is 9.59 Å². The summed E-state index contributed by atoms with van der Waals surface area (Å²) < 4.78 is 0. The van der Waals surface area contributed by atoms with Gasteiger partial charge in [-0.1, -0.05) is 0 Å². The number of piperidine rings is 2. The number of amides is 2. The van der Waals surface area contributed by atoms with E-state index in [1.807, 2.05) is 16.7 Å². The van der Waals surface area contributed by atoms with E-state index < -0.39 is 0 Å². The van der Waals surface area contributed by atoms with Gasteiger partial charge in [-0.2, -0.15) is 0 Å². The maximum Gasteiger partial charge on any atom is 0.211 e. The fraction of sp³-hybridized carbons (Fsp3) is 0.909. The highest BCUT2D eigenvalue weighted by Gasteiger charge is 2.44. The molecular formula is C22H42N4O2. The number of carbonyl (C=O) groups excluding carboxylic acids is 2.